The summed E-state index contributed by atoms with van der Waals surface area (Å²) in [6.45, 7) is 9.74. The molecule has 5 fully saturated rings. The Labute approximate surface area is 340 Å². The minimum atomic E-state index is -2.99. The minimum Gasteiger partial charge on any atom is -0.505 e. The molecule has 58 heavy (non-hydrogen) atoms. The van der Waals surface area contributed by atoms with Crippen LogP contribution in [0, 0.1) is 70.5 Å². The van der Waals surface area contributed by atoms with Crippen molar-refractivity contribution in [3.05, 3.63) is 34.9 Å². The van der Waals surface area contributed by atoms with Gasteiger partial charge in [0.15, 0.2) is 34.7 Å². The Morgan fingerprint density at radius 3 is 2.41 bits per heavy atom. The number of hydrogen-bond donors (Lipinski definition) is 5. The largest absolute Gasteiger partial charge is 0.505 e. The fourth-order valence-electron chi connectivity index (χ4n) is 13.7. The number of carbonyl (C=O) groups excluding carboxylic acids is 6. The molecule has 12 nitrogen and oxygen atoms in total. The van der Waals surface area contributed by atoms with E-state index >= 15 is 0 Å². The molecule has 1 aromatic carbocycles. The number of fused-ring (bicyclic) bond motifs is 8. The second-order valence-corrected chi connectivity index (χ2v) is 19.8. The molecule has 7 unspecified atom stereocenters. The molecule has 0 radical (unpaired) electrons. The predicted octanol–water partition coefficient (Wildman–Crippen LogP) is 5.87. The van der Waals surface area contributed by atoms with Gasteiger partial charge in [0.2, 0.25) is 5.91 Å². The van der Waals surface area contributed by atoms with Crippen LogP contribution in [0.5, 0.6) is 5.75 Å². The average Bonchev–Trinajstić information content (AvgIpc) is 3.53. The van der Waals surface area contributed by atoms with Crippen molar-refractivity contribution in [1.29, 1.82) is 0 Å². The Morgan fingerprint density at radius 1 is 0.931 bits per heavy atom. The Hall–Kier alpha value is -3.90. The van der Waals surface area contributed by atoms with E-state index < -0.39 is 82.7 Å². The zero-order valence-corrected chi connectivity index (χ0v) is 34.2. The van der Waals surface area contributed by atoms with E-state index in [0.29, 0.717) is 29.6 Å². The van der Waals surface area contributed by atoms with Gasteiger partial charge in [0.1, 0.15) is 11.9 Å². The van der Waals surface area contributed by atoms with Crippen molar-refractivity contribution >= 4 is 40.8 Å². The zero-order chi connectivity index (χ0) is 41.6. The van der Waals surface area contributed by atoms with E-state index in [2.05, 4.69) is 39.1 Å². The highest BCUT2D eigenvalue weighted by atomic mass is 16.6. The number of rotatable bonds is 8. The summed E-state index contributed by atoms with van der Waals surface area (Å²) in [7, 11) is 0. The number of aliphatic hydroxyl groups excluding tert-OH is 1. The van der Waals surface area contributed by atoms with E-state index in [-0.39, 0.29) is 29.3 Å². The normalized spacial score (nSPS) is 39.6. The minimum absolute atomic E-state index is 0.0938. The first kappa shape index (κ1) is 40.9. The summed E-state index contributed by atoms with van der Waals surface area (Å²) >= 11 is 0. The van der Waals surface area contributed by atoms with E-state index in [9.17, 15) is 44.1 Å². The van der Waals surface area contributed by atoms with Crippen LogP contribution >= 0.6 is 0 Å². The molecule has 0 spiro atoms. The number of ketones is 4. The van der Waals surface area contributed by atoms with Gasteiger partial charge in [-0.1, -0.05) is 64.7 Å². The molecule has 6 N–H and O–H groups in total. The highest BCUT2D eigenvalue weighted by Crippen LogP contribution is 2.65. The van der Waals surface area contributed by atoms with Crippen LogP contribution in [0.4, 0.5) is 10.5 Å². The van der Waals surface area contributed by atoms with Gasteiger partial charge in [0, 0.05) is 24.7 Å². The quantitative estimate of drug-likeness (QED) is 0.120. The third-order valence-corrected chi connectivity index (χ3v) is 16.5. The molecule has 7 aliphatic rings. The number of hydrogen-bond acceptors (Lipinski definition) is 10. The number of ether oxygens (including phenoxy) is 1. The predicted molar refractivity (Wildman–Crippen MR) is 212 cm³/mol. The number of Topliss-reactive ketones (excluding diaryl/α,β-unsaturated/α-hetero) is 4. The van der Waals surface area contributed by atoms with E-state index in [0.717, 1.165) is 42.9 Å². The first-order valence-electron chi connectivity index (χ1n) is 21.8. The molecule has 1 aromatic rings. The van der Waals surface area contributed by atoms with E-state index in [1.807, 2.05) is 0 Å². The lowest BCUT2D eigenvalue weighted by atomic mass is 9.51. The lowest BCUT2D eigenvalue weighted by Gasteiger charge is -2.54. The maximum atomic E-state index is 14.0. The van der Waals surface area contributed by atoms with Gasteiger partial charge in [0.25, 0.3) is 0 Å². The highest BCUT2D eigenvalue weighted by Gasteiger charge is 2.69. The summed E-state index contributed by atoms with van der Waals surface area (Å²) in [6, 6.07) is 2.92. The zero-order valence-electron chi connectivity index (χ0n) is 34.2. The number of benzene rings is 1. The summed E-state index contributed by atoms with van der Waals surface area (Å²) in [5.41, 5.74) is 3.94. The van der Waals surface area contributed by atoms with Crippen LogP contribution in [-0.4, -0.2) is 68.3 Å². The molecule has 0 saturated heterocycles. The fraction of sp³-hybridized carbons (Fsp3) is 0.696. The summed E-state index contributed by atoms with van der Waals surface area (Å²) in [4.78, 5) is 79.0. The molecular weight excluding hydrogens is 741 g/mol. The van der Waals surface area contributed by atoms with Gasteiger partial charge in [-0.2, -0.15) is 0 Å². The fourth-order valence-corrected chi connectivity index (χ4v) is 13.7. The van der Waals surface area contributed by atoms with Crippen molar-refractivity contribution in [3.8, 4) is 5.75 Å². The Morgan fingerprint density at radius 2 is 1.69 bits per heavy atom. The molecular formula is C46H60N2O10. The number of nitrogens with one attached hydrogen (secondary N) is 1. The van der Waals surface area contributed by atoms with Crippen LogP contribution < -0.4 is 11.1 Å². The van der Waals surface area contributed by atoms with Crippen LogP contribution in [0.15, 0.2) is 23.8 Å². The Balaban J connectivity index is 0.918. The maximum absolute atomic E-state index is 14.0. The smallest absolute Gasteiger partial charge is 0.412 e. The molecule has 314 valence electrons. The number of carbonyl (C=O) groups is 6. The number of phenolic OH excluding ortho intramolecular Hbond substituents is 1. The van der Waals surface area contributed by atoms with Crippen LogP contribution in [0.3, 0.4) is 0 Å². The lowest BCUT2D eigenvalue weighted by molar-refractivity contribution is -0.188. The van der Waals surface area contributed by atoms with Crippen molar-refractivity contribution in [2.24, 2.45) is 76.2 Å². The third-order valence-electron chi connectivity index (χ3n) is 16.5. The SMILES string of the molecule is CC(C)CCC[C@H](C)C1CCC2C3CC=C4CC(OC(=O)Nc5ccc6c(c5O)C(=O)C5C(=O)[C@]7(O)C(=O)C(C(N)=O)C(=O)C[C@@H]7[C@@H](O)[C@@H]5C6)CC[C@@H]4C3CC[C@@]21C. The van der Waals surface area contributed by atoms with E-state index in [1.165, 1.54) is 62.7 Å². The van der Waals surface area contributed by atoms with Gasteiger partial charge in [-0.3, -0.25) is 29.3 Å². The number of primary amides is 1. The van der Waals surface area contributed by atoms with Crippen molar-refractivity contribution in [3.63, 3.8) is 0 Å². The summed E-state index contributed by atoms with van der Waals surface area (Å²) in [6.07, 6.45) is 11.5. The van der Waals surface area contributed by atoms with Crippen molar-refractivity contribution in [2.45, 2.75) is 129 Å². The first-order valence-corrected chi connectivity index (χ1v) is 21.8. The van der Waals surface area contributed by atoms with Crippen molar-refractivity contribution in [1.82, 2.24) is 0 Å². The summed E-state index contributed by atoms with van der Waals surface area (Å²) in [5.74, 6) is -8.04. The second kappa shape index (κ2) is 15.0. The molecule has 14 atom stereocenters. The second-order valence-electron chi connectivity index (χ2n) is 19.8. The van der Waals surface area contributed by atoms with Crippen LogP contribution in [-0.2, 0) is 30.3 Å². The van der Waals surface area contributed by atoms with Crippen LogP contribution in [0.2, 0.25) is 0 Å². The number of anilines is 1. The molecule has 0 bridgehead atoms. The van der Waals surface area contributed by atoms with Gasteiger partial charge in [-0.25, -0.2) is 4.79 Å². The van der Waals surface area contributed by atoms with Crippen molar-refractivity contribution < 1.29 is 48.8 Å². The van der Waals surface area contributed by atoms with Gasteiger partial charge in [-0.15, -0.1) is 0 Å². The Bertz CT molecular complexity index is 1960. The first-order chi connectivity index (χ1) is 27.5. The standard InChI is InChI=1S/C46H60N2O10/c1-21(2)6-5-7-22(3)30-13-14-31-28-11-8-23-18-25(10-12-26(23)27(28)16-17-45(30,31)4)58-44(56)48-33-15-9-24-19-29-36(40(52)35(24)39(33)51)41(53)46(57)32(38(29)50)20-34(49)37(42(46)54)43(47)55/h8-9,15,21-22,25-32,36-38,50-51,57H,5-7,10-14,16-20H2,1-4H3,(H2,47,55)(H,48,56)/t22-,25?,26-,27?,28?,29+,30?,31?,32+,36?,37?,38-,45+,46-/m0/s1. The molecule has 0 aromatic heterocycles. The van der Waals surface area contributed by atoms with Gasteiger partial charge < -0.3 is 25.8 Å². The number of nitrogens with two attached hydrogens (primary N) is 1. The highest BCUT2D eigenvalue weighted by molar-refractivity contribution is 6.31. The number of allylic oxidation sites excluding steroid dienone is 1. The number of phenols is 1. The van der Waals surface area contributed by atoms with Crippen molar-refractivity contribution in [2.75, 3.05) is 5.32 Å². The average molecular weight is 801 g/mol. The van der Waals surface area contributed by atoms with Crippen LogP contribution in [0.25, 0.3) is 0 Å². The molecule has 0 heterocycles. The monoisotopic (exact) mass is 800 g/mol. The lowest BCUT2D eigenvalue weighted by Crippen LogP contribution is -2.72. The molecule has 0 aliphatic heterocycles. The van der Waals surface area contributed by atoms with Crippen LogP contribution in [0.1, 0.15) is 121 Å². The number of aliphatic hydroxyl groups is 2. The third kappa shape index (κ3) is 6.37. The molecule has 12 heteroatoms. The van der Waals surface area contributed by atoms with Gasteiger partial charge >= 0.3 is 6.09 Å². The van der Waals surface area contributed by atoms with Gasteiger partial charge in [0.05, 0.1) is 23.3 Å². The summed E-state index contributed by atoms with van der Waals surface area (Å²) < 4.78 is 5.91. The molecule has 2 amide bonds. The molecule has 8 rings (SSSR count). The molecule has 5 saturated carbocycles. The Kier molecular flexibility index (Phi) is 10.6. The van der Waals surface area contributed by atoms with Gasteiger partial charge in [-0.05, 0) is 110 Å². The maximum Gasteiger partial charge on any atom is 0.412 e. The topological polar surface area (TPSA) is 210 Å². The van der Waals surface area contributed by atoms with E-state index in [4.69, 9.17) is 10.5 Å². The number of amides is 2. The summed E-state index contributed by atoms with van der Waals surface area (Å²) in [5, 5.41) is 36.7. The van der Waals surface area contributed by atoms with E-state index in [1.54, 1.807) is 0 Å². The molecule has 7 aliphatic carbocycles. The number of aromatic hydroxyl groups is 1.